The van der Waals surface area contributed by atoms with Crippen molar-refractivity contribution in [3.05, 3.63) is 57.5 Å². The van der Waals surface area contributed by atoms with E-state index in [1.165, 1.54) is 5.56 Å². The highest BCUT2D eigenvalue weighted by Gasteiger charge is 2.19. The Morgan fingerprint density at radius 1 is 1.18 bits per heavy atom. The van der Waals surface area contributed by atoms with Gasteiger partial charge < -0.3 is 10.0 Å². The summed E-state index contributed by atoms with van der Waals surface area (Å²) < 4.78 is 0.920. The minimum absolute atomic E-state index is 0.138. The maximum absolute atomic E-state index is 9.55. The Labute approximate surface area is 144 Å². The molecule has 2 nitrogen and oxygen atoms in total. The fourth-order valence-electron chi connectivity index (χ4n) is 2.88. The minimum Gasteiger partial charge on any atom is -0.392 e. The van der Waals surface area contributed by atoms with Gasteiger partial charge in [-0.1, -0.05) is 48.0 Å². The van der Waals surface area contributed by atoms with E-state index in [2.05, 4.69) is 45.1 Å². The fourth-order valence-corrected chi connectivity index (χ4v) is 3.48. The van der Waals surface area contributed by atoms with Gasteiger partial charge >= 0.3 is 0 Å². The van der Waals surface area contributed by atoms with Crippen LogP contribution in [-0.4, -0.2) is 35.7 Å². The molecule has 2 aromatic carbocycles. The lowest BCUT2D eigenvalue weighted by Gasteiger charge is -2.14. The van der Waals surface area contributed by atoms with Gasteiger partial charge in [0.2, 0.25) is 0 Å². The molecule has 1 aliphatic heterocycles. The molecular weight excluding hydrogens is 362 g/mol. The summed E-state index contributed by atoms with van der Waals surface area (Å²) in [6.45, 7) is 2.83. The van der Waals surface area contributed by atoms with Gasteiger partial charge in [-0.25, -0.2) is 0 Å². The van der Waals surface area contributed by atoms with Crippen molar-refractivity contribution in [2.24, 2.45) is 0 Å². The molecular formula is C18H19BrClNO. The normalized spacial score (nSPS) is 18.8. The van der Waals surface area contributed by atoms with Crippen LogP contribution in [0.4, 0.5) is 0 Å². The Kier molecular flexibility index (Phi) is 5.19. The van der Waals surface area contributed by atoms with Crippen molar-refractivity contribution in [3.63, 3.8) is 0 Å². The van der Waals surface area contributed by atoms with E-state index >= 15 is 0 Å². The van der Waals surface area contributed by atoms with E-state index in [4.69, 9.17) is 11.6 Å². The second kappa shape index (κ2) is 7.14. The first-order valence-electron chi connectivity index (χ1n) is 7.57. The van der Waals surface area contributed by atoms with E-state index in [0.717, 1.165) is 53.1 Å². The van der Waals surface area contributed by atoms with Gasteiger partial charge in [0.1, 0.15) is 0 Å². The predicted molar refractivity (Wildman–Crippen MR) is 95.4 cm³/mol. The van der Waals surface area contributed by atoms with Crippen molar-refractivity contribution in [1.29, 1.82) is 0 Å². The van der Waals surface area contributed by atoms with Gasteiger partial charge in [-0.3, -0.25) is 0 Å². The lowest BCUT2D eigenvalue weighted by Crippen LogP contribution is -2.24. The van der Waals surface area contributed by atoms with Crippen LogP contribution in [0.3, 0.4) is 0 Å². The van der Waals surface area contributed by atoms with Crippen LogP contribution in [0.25, 0.3) is 11.1 Å². The quantitative estimate of drug-likeness (QED) is 0.851. The molecule has 0 amide bonds. The topological polar surface area (TPSA) is 23.5 Å². The molecule has 116 valence electrons. The highest BCUT2D eigenvalue weighted by Crippen LogP contribution is 2.33. The van der Waals surface area contributed by atoms with Crippen molar-refractivity contribution in [1.82, 2.24) is 4.90 Å². The molecule has 1 atom stereocenters. The Morgan fingerprint density at radius 3 is 2.64 bits per heavy atom. The number of aliphatic hydroxyl groups is 1. The van der Waals surface area contributed by atoms with Crippen molar-refractivity contribution < 1.29 is 5.11 Å². The van der Waals surface area contributed by atoms with Crippen LogP contribution in [0.1, 0.15) is 12.0 Å². The molecule has 1 heterocycles. The first-order chi connectivity index (χ1) is 10.6. The van der Waals surface area contributed by atoms with Gasteiger partial charge in [-0.05, 0) is 46.0 Å². The Bertz CT molecular complexity index is 644. The van der Waals surface area contributed by atoms with E-state index in [1.54, 1.807) is 0 Å². The number of hydrogen-bond acceptors (Lipinski definition) is 2. The Hall–Kier alpha value is -0.870. The summed E-state index contributed by atoms with van der Waals surface area (Å²) in [6.07, 6.45) is 1.78. The average Bonchev–Trinajstić information content (AvgIpc) is 2.94. The average molecular weight is 381 g/mol. The molecule has 1 N–H and O–H groups in total. The zero-order chi connectivity index (χ0) is 15.5. The summed E-state index contributed by atoms with van der Waals surface area (Å²) in [5.41, 5.74) is 3.49. The molecule has 0 bridgehead atoms. The van der Waals surface area contributed by atoms with Gasteiger partial charge in [0, 0.05) is 29.7 Å². The lowest BCUT2D eigenvalue weighted by molar-refractivity contribution is 0.177. The number of rotatable bonds is 4. The van der Waals surface area contributed by atoms with Crippen LogP contribution in [0.15, 0.2) is 46.9 Å². The number of β-amino-alcohol motifs (C(OH)–C–C–N with tert-alkyl or cyclic N) is 1. The van der Waals surface area contributed by atoms with Crippen molar-refractivity contribution >= 4 is 27.5 Å². The fraction of sp³-hybridized carbons (Fsp3) is 0.333. The number of hydrogen-bond donors (Lipinski definition) is 1. The Morgan fingerprint density at radius 2 is 1.95 bits per heavy atom. The molecule has 0 saturated carbocycles. The third kappa shape index (κ3) is 3.72. The third-order valence-corrected chi connectivity index (χ3v) is 5.48. The lowest BCUT2D eigenvalue weighted by atomic mass is 10.0. The van der Waals surface area contributed by atoms with Crippen molar-refractivity contribution in [3.8, 4) is 11.1 Å². The number of aliphatic hydroxyl groups excluding tert-OH is 1. The predicted octanol–water partition coefficient (Wildman–Crippen LogP) is 4.38. The first kappa shape index (κ1) is 16.0. The van der Waals surface area contributed by atoms with Crippen LogP contribution in [-0.2, 0) is 6.42 Å². The second-order valence-electron chi connectivity index (χ2n) is 5.79. The summed E-state index contributed by atoms with van der Waals surface area (Å²) in [5, 5.41) is 10.3. The van der Waals surface area contributed by atoms with Crippen LogP contribution < -0.4 is 0 Å². The summed E-state index contributed by atoms with van der Waals surface area (Å²) >= 11 is 9.82. The van der Waals surface area contributed by atoms with E-state index in [1.807, 2.05) is 18.2 Å². The van der Waals surface area contributed by atoms with Crippen LogP contribution in [0.2, 0.25) is 5.02 Å². The SMILES string of the molecule is O[C@@H]1CCN(CCc2ccc(-c3cccc(Br)c3Cl)cc2)C1. The molecule has 0 unspecified atom stereocenters. The number of benzene rings is 2. The standard InChI is InChI=1S/C18H19BrClNO/c19-17-3-1-2-16(18(17)20)14-6-4-13(5-7-14)8-10-21-11-9-15(22)12-21/h1-7,15,22H,8-12H2/t15-/m1/s1. The number of likely N-dealkylation sites (tertiary alicyclic amines) is 1. The van der Waals surface area contributed by atoms with E-state index in [9.17, 15) is 5.11 Å². The Balaban J connectivity index is 1.66. The molecule has 0 aliphatic carbocycles. The van der Waals surface area contributed by atoms with Crippen LogP contribution in [0.5, 0.6) is 0 Å². The zero-order valence-corrected chi connectivity index (χ0v) is 14.6. The highest BCUT2D eigenvalue weighted by atomic mass is 79.9. The third-order valence-electron chi connectivity index (χ3n) is 4.18. The van der Waals surface area contributed by atoms with Crippen LogP contribution in [0, 0.1) is 0 Å². The van der Waals surface area contributed by atoms with Gasteiger partial charge in [0.15, 0.2) is 0 Å². The summed E-state index contributed by atoms with van der Waals surface area (Å²) in [4.78, 5) is 2.32. The molecule has 0 aromatic heterocycles. The van der Waals surface area contributed by atoms with Crippen LogP contribution >= 0.6 is 27.5 Å². The zero-order valence-electron chi connectivity index (χ0n) is 12.3. The highest BCUT2D eigenvalue weighted by molar-refractivity contribution is 9.10. The van der Waals surface area contributed by atoms with Gasteiger partial charge in [-0.15, -0.1) is 0 Å². The smallest absolute Gasteiger partial charge is 0.0679 e. The monoisotopic (exact) mass is 379 g/mol. The molecule has 4 heteroatoms. The van der Waals surface area contributed by atoms with E-state index in [-0.39, 0.29) is 6.10 Å². The van der Waals surface area contributed by atoms with Crippen molar-refractivity contribution in [2.45, 2.75) is 18.9 Å². The maximum atomic E-state index is 9.55. The molecule has 3 rings (SSSR count). The minimum atomic E-state index is -0.138. The van der Waals surface area contributed by atoms with Gasteiger partial charge in [0.25, 0.3) is 0 Å². The maximum Gasteiger partial charge on any atom is 0.0679 e. The number of halogens is 2. The molecule has 1 fully saturated rings. The molecule has 2 aromatic rings. The van der Waals surface area contributed by atoms with Gasteiger partial charge in [-0.2, -0.15) is 0 Å². The first-order valence-corrected chi connectivity index (χ1v) is 8.74. The second-order valence-corrected chi connectivity index (χ2v) is 7.02. The molecule has 0 spiro atoms. The molecule has 0 radical (unpaired) electrons. The summed E-state index contributed by atoms with van der Waals surface area (Å²) in [7, 11) is 0. The largest absolute Gasteiger partial charge is 0.392 e. The molecule has 1 aliphatic rings. The summed E-state index contributed by atoms with van der Waals surface area (Å²) in [5.74, 6) is 0. The van der Waals surface area contributed by atoms with E-state index < -0.39 is 0 Å². The van der Waals surface area contributed by atoms with E-state index in [0.29, 0.717) is 0 Å². The molecule has 1 saturated heterocycles. The molecule has 22 heavy (non-hydrogen) atoms. The van der Waals surface area contributed by atoms with Gasteiger partial charge in [0.05, 0.1) is 11.1 Å². The summed E-state index contributed by atoms with van der Waals surface area (Å²) in [6, 6.07) is 14.6. The van der Waals surface area contributed by atoms with Crippen molar-refractivity contribution in [2.75, 3.05) is 19.6 Å². The number of nitrogens with zero attached hydrogens (tertiary/aromatic N) is 1.